The Morgan fingerprint density at radius 3 is 2.73 bits per heavy atom. The van der Waals surface area contributed by atoms with Crippen molar-refractivity contribution in [3.8, 4) is 0 Å². The summed E-state index contributed by atoms with van der Waals surface area (Å²) in [6.45, 7) is 1.79. The molecule has 0 fully saturated rings. The van der Waals surface area contributed by atoms with E-state index in [1.165, 1.54) is 11.3 Å². The van der Waals surface area contributed by atoms with Gasteiger partial charge in [-0.25, -0.2) is 9.78 Å². The third-order valence-corrected chi connectivity index (χ3v) is 3.88. The molecule has 0 bridgehead atoms. The molecule has 0 unspecified atom stereocenters. The predicted octanol–water partition coefficient (Wildman–Crippen LogP) is 2.24. The first-order valence-corrected chi connectivity index (χ1v) is 7.76. The summed E-state index contributed by atoms with van der Waals surface area (Å²) in [6.07, 6.45) is 1.59. The van der Waals surface area contributed by atoms with Crippen molar-refractivity contribution < 1.29 is 9.90 Å². The minimum Gasteiger partial charge on any atom is -0.384 e. The predicted molar refractivity (Wildman–Crippen MR) is 89.5 cm³/mol. The van der Waals surface area contributed by atoms with Gasteiger partial charge in [-0.05, 0) is 41.4 Å². The SMILES string of the molecule is CN(C)c1ccc(NC(=O)NC[C@](C)(O)c2ccsc2)cn1. The molecule has 22 heavy (non-hydrogen) atoms. The minimum atomic E-state index is -1.09. The van der Waals surface area contributed by atoms with Gasteiger partial charge >= 0.3 is 6.03 Å². The second-order valence-corrected chi connectivity index (χ2v) is 6.17. The molecule has 0 aliphatic rings. The largest absolute Gasteiger partial charge is 0.384 e. The number of rotatable bonds is 5. The normalized spacial score (nSPS) is 13.3. The molecule has 1 atom stereocenters. The van der Waals surface area contributed by atoms with E-state index >= 15 is 0 Å². The van der Waals surface area contributed by atoms with Crippen LogP contribution in [0.15, 0.2) is 35.2 Å². The first-order chi connectivity index (χ1) is 10.4. The summed E-state index contributed by atoms with van der Waals surface area (Å²) in [5, 5.41) is 19.4. The molecule has 0 saturated carbocycles. The molecular formula is C15H20N4O2S. The van der Waals surface area contributed by atoms with Gasteiger partial charge in [0.2, 0.25) is 0 Å². The van der Waals surface area contributed by atoms with Crippen LogP contribution in [-0.4, -0.2) is 36.8 Å². The van der Waals surface area contributed by atoms with E-state index in [4.69, 9.17) is 0 Å². The zero-order valence-electron chi connectivity index (χ0n) is 12.8. The summed E-state index contributed by atoms with van der Waals surface area (Å²) in [5.74, 6) is 0.811. The number of nitrogens with zero attached hydrogens (tertiary/aromatic N) is 2. The molecule has 0 spiro atoms. The minimum absolute atomic E-state index is 0.124. The molecule has 0 aliphatic carbocycles. The highest BCUT2D eigenvalue weighted by Crippen LogP contribution is 2.22. The lowest BCUT2D eigenvalue weighted by atomic mass is 9.99. The maximum atomic E-state index is 11.9. The molecular weight excluding hydrogens is 300 g/mol. The fourth-order valence-electron chi connectivity index (χ4n) is 1.83. The van der Waals surface area contributed by atoms with Crippen LogP contribution in [0.2, 0.25) is 0 Å². The summed E-state index contributed by atoms with van der Waals surface area (Å²) in [5.41, 5.74) is 0.290. The average molecular weight is 320 g/mol. The molecule has 0 saturated heterocycles. The van der Waals surface area contributed by atoms with Gasteiger partial charge < -0.3 is 20.6 Å². The number of carbonyl (C=O) groups excluding carboxylic acids is 1. The number of pyridine rings is 1. The van der Waals surface area contributed by atoms with Crippen LogP contribution >= 0.6 is 11.3 Å². The number of thiophene rings is 1. The Morgan fingerprint density at radius 2 is 2.18 bits per heavy atom. The average Bonchev–Trinajstić information content (AvgIpc) is 3.01. The van der Waals surface area contributed by atoms with E-state index in [-0.39, 0.29) is 12.6 Å². The Labute approximate surface area is 133 Å². The zero-order chi connectivity index (χ0) is 16.2. The monoisotopic (exact) mass is 320 g/mol. The third-order valence-electron chi connectivity index (χ3n) is 3.20. The van der Waals surface area contributed by atoms with Crippen LogP contribution in [0, 0.1) is 0 Å². The molecule has 2 amide bonds. The van der Waals surface area contributed by atoms with Crippen LogP contribution in [-0.2, 0) is 5.60 Å². The van der Waals surface area contributed by atoms with Gasteiger partial charge in [0.1, 0.15) is 11.4 Å². The lowest BCUT2D eigenvalue weighted by molar-refractivity contribution is 0.0604. The van der Waals surface area contributed by atoms with Crippen molar-refractivity contribution in [2.24, 2.45) is 0 Å². The highest BCUT2D eigenvalue weighted by Gasteiger charge is 2.24. The van der Waals surface area contributed by atoms with Crippen LogP contribution in [0.3, 0.4) is 0 Å². The zero-order valence-corrected chi connectivity index (χ0v) is 13.6. The van der Waals surface area contributed by atoms with Crippen molar-refractivity contribution in [1.82, 2.24) is 10.3 Å². The maximum absolute atomic E-state index is 11.9. The van der Waals surface area contributed by atoms with Gasteiger partial charge in [-0.2, -0.15) is 11.3 Å². The number of amides is 2. The summed E-state index contributed by atoms with van der Waals surface area (Å²) in [6, 6.07) is 5.06. The smallest absolute Gasteiger partial charge is 0.319 e. The topological polar surface area (TPSA) is 77.5 Å². The maximum Gasteiger partial charge on any atom is 0.319 e. The van der Waals surface area contributed by atoms with Crippen LogP contribution in [0.4, 0.5) is 16.3 Å². The Kier molecular flexibility index (Phi) is 4.99. The standard InChI is InChI=1S/C15H20N4O2S/c1-15(21,11-6-7-22-9-11)10-17-14(20)18-12-4-5-13(16-8-12)19(2)3/h4-9,21H,10H2,1-3H3,(H2,17,18,20)/t15-/m0/s1. The molecule has 2 heterocycles. The highest BCUT2D eigenvalue weighted by molar-refractivity contribution is 7.08. The first kappa shape index (κ1) is 16.3. The van der Waals surface area contributed by atoms with E-state index in [9.17, 15) is 9.90 Å². The van der Waals surface area contributed by atoms with Crippen molar-refractivity contribution in [2.75, 3.05) is 30.9 Å². The lowest BCUT2D eigenvalue weighted by Gasteiger charge is -2.22. The molecule has 7 heteroatoms. The number of hydrogen-bond donors (Lipinski definition) is 3. The summed E-state index contributed by atoms with van der Waals surface area (Å²) < 4.78 is 0. The molecule has 0 radical (unpaired) electrons. The second-order valence-electron chi connectivity index (χ2n) is 5.39. The number of aliphatic hydroxyl groups is 1. The fourth-order valence-corrected chi connectivity index (χ4v) is 2.61. The number of carbonyl (C=O) groups is 1. The summed E-state index contributed by atoms with van der Waals surface area (Å²) >= 11 is 1.51. The van der Waals surface area contributed by atoms with Crippen molar-refractivity contribution in [1.29, 1.82) is 0 Å². The number of nitrogens with one attached hydrogen (secondary N) is 2. The van der Waals surface area contributed by atoms with Gasteiger partial charge in [-0.15, -0.1) is 0 Å². The molecule has 3 N–H and O–H groups in total. The molecule has 2 aromatic heterocycles. The molecule has 2 rings (SSSR count). The molecule has 2 aromatic rings. The van der Waals surface area contributed by atoms with Gasteiger partial charge in [0.15, 0.2) is 0 Å². The van der Waals surface area contributed by atoms with Crippen LogP contribution in [0.5, 0.6) is 0 Å². The van der Waals surface area contributed by atoms with Gasteiger partial charge in [0.25, 0.3) is 0 Å². The van der Waals surface area contributed by atoms with Gasteiger partial charge in [0.05, 0.1) is 18.4 Å². The third kappa shape index (κ3) is 4.19. The van der Waals surface area contributed by atoms with E-state index in [1.54, 1.807) is 19.2 Å². The van der Waals surface area contributed by atoms with E-state index in [0.717, 1.165) is 11.4 Å². The number of hydrogen-bond acceptors (Lipinski definition) is 5. The van der Waals surface area contributed by atoms with Crippen molar-refractivity contribution in [3.63, 3.8) is 0 Å². The number of urea groups is 1. The molecule has 0 aliphatic heterocycles. The summed E-state index contributed by atoms with van der Waals surface area (Å²) in [7, 11) is 3.79. The molecule has 0 aromatic carbocycles. The van der Waals surface area contributed by atoms with Crippen LogP contribution in [0.25, 0.3) is 0 Å². The number of aromatic nitrogens is 1. The highest BCUT2D eigenvalue weighted by atomic mass is 32.1. The van der Waals surface area contributed by atoms with Crippen LogP contribution < -0.4 is 15.5 Å². The quantitative estimate of drug-likeness (QED) is 0.789. The Balaban J connectivity index is 1.88. The Hall–Kier alpha value is -2.12. The molecule has 6 nitrogen and oxygen atoms in total. The van der Waals surface area contributed by atoms with Crippen molar-refractivity contribution in [3.05, 3.63) is 40.7 Å². The lowest BCUT2D eigenvalue weighted by Crippen LogP contribution is -2.40. The second kappa shape index (κ2) is 6.76. The van der Waals surface area contributed by atoms with Crippen LogP contribution in [0.1, 0.15) is 12.5 Å². The molecule has 118 valence electrons. The van der Waals surface area contributed by atoms with Crippen molar-refractivity contribution >= 4 is 28.9 Å². The van der Waals surface area contributed by atoms with Gasteiger partial charge in [-0.1, -0.05) is 0 Å². The van der Waals surface area contributed by atoms with Gasteiger partial charge in [-0.3, -0.25) is 0 Å². The van der Waals surface area contributed by atoms with E-state index in [0.29, 0.717) is 5.69 Å². The first-order valence-electron chi connectivity index (χ1n) is 6.82. The number of anilines is 2. The van der Waals surface area contributed by atoms with E-state index < -0.39 is 5.60 Å². The van der Waals surface area contributed by atoms with Gasteiger partial charge in [0, 0.05) is 14.1 Å². The fraction of sp³-hybridized carbons (Fsp3) is 0.333. The Morgan fingerprint density at radius 1 is 1.41 bits per heavy atom. The Bertz CT molecular complexity index is 609. The van der Waals surface area contributed by atoms with Crippen molar-refractivity contribution in [2.45, 2.75) is 12.5 Å². The van der Waals surface area contributed by atoms with E-state index in [2.05, 4.69) is 15.6 Å². The summed E-state index contributed by atoms with van der Waals surface area (Å²) in [4.78, 5) is 18.0. The van der Waals surface area contributed by atoms with E-state index in [1.807, 2.05) is 41.9 Å².